The van der Waals surface area contributed by atoms with E-state index in [2.05, 4.69) is 10.3 Å². The Hall–Kier alpha value is -2.48. The number of hydrogen-bond acceptors (Lipinski definition) is 6. The van der Waals surface area contributed by atoms with Crippen molar-refractivity contribution in [3.63, 3.8) is 0 Å². The molecular formula is C13H14N4O4. The molecule has 8 nitrogen and oxygen atoms in total. The highest BCUT2D eigenvalue weighted by molar-refractivity contribution is 5.54. The third-order valence-electron chi connectivity index (χ3n) is 3.49. The summed E-state index contributed by atoms with van der Waals surface area (Å²) in [6, 6.07) is 4.31. The van der Waals surface area contributed by atoms with Gasteiger partial charge in [-0.2, -0.15) is 0 Å². The topological polar surface area (TPSA) is 103 Å². The molecule has 0 amide bonds. The van der Waals surface area contributed by atoms with E-state index in [1.165, 1.54) is 30.0 Å². The molecule has 0 atom stereocenters. The van der Waals surface area contributed by atoms with Gasteiger partial charge >= 0.3 is 0 Å². The maximum absolute atomic E-state index is 11.0. The molecule has 1 aromatic carbocycles. The quantitative estimate of drug-likeness (QED) is 0.662. The first-order valence-corrected chi connectivity index (χ1v) is 6.53. The number of hydrogen-bond donors (Lipinski definition) is 1. The van der Waals surface area contributed by atoms with E-state index in [0.717, 1.165) is 18.5 Å². The lowest BCUT2D eigenvalue weighted by molar-refractivity contribution is -0.384. The number of nitro groups is 1. The summed E-state index contributed by atoms with van der Waals surface area (Å²) in [4.78, 5) is 10.5. The number of aliphatic hydroxyl groups excluding tert-OH is 1. The van der Waals surface area contributed by atoms with Crippen LogP contribution in [-0.2, 0) is 6.61 Å². The minimum absolute atomic E-state index is 0.0476. The van der Waals surface area contributed by atoms with Crippen molar-refractivity contribution in [3.05, 3.63) is 39.7 Å². The lowest BCUT2D eigenvalue weighted by Crippen LogP contribution is -2.05. The average molecular weight is 290 g/mol. The molecule has 1 aliphatic carbocycles. The maximum atomic E-state index is 11.0. The van der Waals surface area contributed by atoms with Crippen LogP contribution in [0.1, 0.15) is 30.1 Å². The summed E-state index contributed by atoms with van der Waals surface area (Å²) >= 11 is 0. The standard InChI is InChI=1S/C13H14N4O4/c1-21-12-5-4-9(17(19)20)6-11(12)16-13(8-2-3-8)10(7-18)14-15-16/h4-6,8,18H,2-3,7H2,1H3. The second kappa shape index (κ2) is 5.13. The molecule has 1 N–H and O–H groups in total. The van der Waals surface area contributed by atoms with Gasteiger partial charge in [0.15, 0.2) is 0 Å². The lowest BCUT2D eigenvalue weighted by Gasteiger charge is -2.10. The molecule has 1 saturated carbocycles. The van der Waals surface area contributed by atoms with Crippen LogP contribution in [0.25, 0.3) is 5.69 Å². The molecule has 3 rings (SSSR count). The largest absolute Gasteiger partial charge is 0.494 e. The third-order valence-corrected chi connectivity index (χ3v) is 3.49. The van der Waals surface area contributed by atoms with Gasteiger partial charge in [0.1, 0.15) is 17.1 Å². The zero-order valence-electron chi connectivity index (χ0n) is 11.4. The van der Waals surface area contributed by atoms with Crippen molar-refractivity contribution in [2.75, 3.05) is 7.11 Å². The van der Waals surface area contributed by atoms with Crippen LogP contribution in [0.3, 0.4) is 0 Å². The van der Waals surface area contributed by atoms with Crippen molar-refractivity contribution in [3.8, 4) is 11.4 Å². The van der Waals surface area contributed by atoms with Crippen LogP contribution in [0.5, 0.6) is 5.75 Å². The smallest absolute Gasteiger partial charge is 0.271 e. The van der Waals surface area contributed by atoms with Crippen LogP contribution >= 0.6 is 0 Å². The fraction of sp³-hybridized carbons (Fsp3) is 0.385. The van der Waals surface area contributed by atoms with E-state index in [1.54, 1.807) is 0 Å². The molecule has 0 radical (unpaired) electrons. The van der Waals surface area contributed by atoms with Gasteiger partial charge in [0.25, 0.3) is 5.69 Å². The molecule has 0 aliphatic heterocycles. The van der Waals surface area contributed by atoms with Crippen molar-refractivity contribution in [1.29, 1.82) is 0 Å². The third kappa shape index (κ3) is 2.33. The van der Waals surface area contributed by atoms with E-state index in [4.69, 9.17) is 4.74 Å². The van der Waals surface area contributed by atoms with Gasteiger partial charge in [0.05, 0.1) is 24.3 Å². The molecule has 0 bridgehead atoms. The van der Waals surface area contributed by atoms with Crippen molar-refractivity contribution < 1.29 is 14.8 Å². The molecule has 8 heteroatoms. The maximum Gasteiger partial charge on any atom is 0.271 e. The number of aliphatic hydroxyl groups is 1. The van der Waals surface area contributed by atoms with Crippen molar-refractivity contribution >= 4 is 5.69 Å². The lowest BCUT2D eigenvalue weighted by atomic mass is 10.2. The first-order chi connectivity index (χ1) is 10.2. The second-order valence-corrected chi connectivity index (χ2v) is 4.88. The SMILES string of the molecule is COc1ccc([N+](=O)[O-])cc1-n1nnc(CO)c1C1CC1. The second-order valence-electron chi connectivity index (χ2n) is 4.88. The summed E-state index contributed by atoms with van der Waals surface area (Å²) in [6.07, 6.45) is 2.00. The van der Waals surface area contributed by atoms with Crippen LogP contribution in [-0.4, -0.2) is 32.1 Å². The Kier molecular flexibility index (Phi) is 3.30. The number of nitro benzene ring substituents is 1. The summed E-state index contributed by atoms with van der Waals surface area (Å²) in [5.41, 5.74) is 1.72. The molecule has 1 aliphatic rings. The van der Waals surface area contributed by atoms with Gasteiger partial charge in [0, 0.05) is 18.1 Å². The number of nitrogens with zero attached hydrogens (tertiary/aromatic N) is 4. The Balaban J connectivity index is 2.17. The summed E-state index contributed by atoms with van der Waals surface area (Å²) in [6.45, 7) is -0.205. The van der Waals surface area contributed by atoms with Crippen molar-refractivity contribution in [1.82, 2.24) is 15.0 Å². The first kappa shape index (κ1) is 13.5. The van der Waals surface area contributed by atoms with Gasteiger partial charge in [0.2, 0.25) is 0 Å². The Labute approximate surface area is 120 Å². The zero-order valence-corrected chi connectivity index (χ0v) is 11.4. The van der Waals surface area contributed by atoms with Gasteiger partial charge in [-0.25, -0.2) is 4.68 Å². The first-order valence-electron chi connectivity index (χ1n) is 6.53. The molecular weight excluding hydrogens is 276 g/mol. The summed E-state index contributed by atoms with van der Waals surface area (Å²) in [5.74, 6) is 0.753. The minimum Gasteiger partial charge on any atom is -0.494 e. The van der Waals surface area contributed by atoms with Gasteiger partial charge in [-0.1, -0.05) is 5.21 Å². The molecule has 1 aromatic heterocycles. The Morgan fingerprint density at radius 3 is 2.86 bits per heavy atom. The molecule has 110 valence electrons. The van der Waals surface area contributed by atoms with E-state index in [1.807, 2.05) is 0 Å². The zero-order chi connectivity index (χ0) is 15.0. The van der Waals surface area contributed by atoms with Crippen LogP contribution in [0.4, 0.5) is 5.69 Å². The molecule has 0 unspecified atom stereocenters. The number of ether oxygens (including phenoxy) is 1. The van der Waals surface area contributed by atoms with Crippen molar-refractivity contribution in [2.24, 2.45) is 0 Å². The molecule has 1 fully saturated rings. The number of rotatable bonds is 5. The highest BCUT2D eigenvalue weighted by atomic mass is 16.6. The van der Waals surface area contributed by atoms with E-state index in [9.17, 15) is 15.2 Å². The summed E-state index contributed by atoms with van der Waals surface area (Å²) in [5, 5.41) is 28.3. The predicted molar refractivity (Wildman–Crippen MR) is 72.5 cm³/mol. The minimum atomic E-state index is -0.469. The van der Waals surface area contributed by atoms with E-state index < -0.39 is 4.92 Å². The number of non-ortho nitro benzene ring substituents is 1. The van der Waals surface area contributed by atoms with Gasteiger partial charge in [-0.3, -0.25) is 10.1 Å². The normalized spacial score (nSPS) is 14.2. The molecule has 0 saturated heterocycles. The monoisotopic (exact) mass is 290 g/mol. The number of methoxy groups -OCH3 is 1. The predicted octanol–water partition coefficient (Wildman–Crippen LogP) is 1.55. The van der Waals surface area contributed by atoms with Gasteiger partial charge in [-0.15, -0.1) is 5.10 Å². The van der Waals surface area contributed by atoms with Gasteiger partial charge < -0.3 is 9.84 Å². The highest BCUT2D eigenvalue weighted by Crippen LogP contribution is 2.43. The number of benzene rings is 1. The van der Waals surface area contributed by atoms with E-state index in [0.29, 0.717) is 17.1 Å². The molecule has 1 heterocycles. The fourth-order valence-corrected chi connectivity index (χ4v) is 2.33. The molecule has 2 aromatic rings. The molecule has 21 heavy (non-hydrogen) atoms. The summed E-state index contributed by atoms with van der Waals surface area (Å²) < 4.78 is 6.80. The van der Waals surface area contributed by atoms with E-state index in [-0.39, 0.29) is 18.2 Å². The van der Waals surface area contributed by atoms with Crippen LogP contribution < -0.4 is 4.74 Å². The Morgan fingerprint density at radius 1 is 1.52 bits per heavy atom. The Morgan fingerprint density at radius 2 is 2.29 bits per heavy atom. The highest BCUT2D eigenvalue weighted by Gasteiger charge is 2.32. The number of aromatic nitrogens is 3. The van der Waals surface area contributed by atoms with Crippen LogP contribution in [0, 0.1) is 10.1 Å². The molecule has 0 spiro atoms. The van der Waals surface area contributed by atoms with Crippen LogP contribution in [0.15, 0.2) is 18.2 Å². The van der Waals surface area contributed by atoms with E-state index >= 15 is 0 Å². The summed E-state index contributed by atoms with van der Waals surface area (Å²) in [7, 11) is 1.49. The van der Waals surface area contributed by atoms with Crippen LogP contribution in [0.2, 0.25) is 0 Å². The van der Waals surface area contributed by atoms with Gasteiger partial charge in [-0.05, 0) is 18.9 Å². The average Bonchev–Trinajstić information content (AvgIpc) is 3.25. The Bertz CT molecular complexity index is 693. The fourth-order valence-electron chi connectivity index (χ4n) is 2.33. The van der Waals surface area contributed by atoms with Crippen molar-refractivity contribution in [2.45, 2.75) is 25.4 Å².